The van der Waals surface area contributed by atoms with E-state index >= 15 is 0 Å². The molecule has 0 bridgehead atoms. The van der Waals surface area contributed by atoms with Crippen LogP contribution in [-0.4, -0.2) is 24.8 Å². The summed E-state index contributed by atoms with van der Waals surface area (Å²) in [6.07, 6.45) is 4.83. The van der Waals surface area contributed by atoms with E-state index in [9.17, 15) is 9.90 Å². The summed E-state index contributed by atoms with van der Waals surface area (Å²) in [7, 11) is 1.54. The molecule has 1 aliphatic rings. The first-order chi connectivity index (χ1) is 10.2. The lowest BCUT2D eigenvalue weighted by molar-refractivity contribution is -0.153. The molecule has 1 fully saturated rings. The van der Waals surface area contributed by atoms with E-state index in [4.69, 9.17) is 9.47 Å². The molecular formula is C17H24O4. The monoisotopic (exact) mass is 292 g/mol. The molecule has 0 spiro atoms. The van der Waals surface area contributed by atoms with Gasteiger partial charge in [-0.3, -0.25) is 0 Å². The van der Waals surface area contributed by atoms with Gasteiger partial charge in [0.05, 0.1) is 13.7 Å². The standard InChI is InChI=1S/C17H24O4/c1-3-21-17(19)16(18)14-11-13(9-10-15(14)20-2)12-7-5-4-6-8-12/h9-12,16,18H,3-8H2,1-2H3. The van der Waals surface area contributed by atoms with Crippen LogP contribution in [0.15, 0.2) is 18.2 Å². The summed E-state index contributed by atoms with van der Waals surface area (Å²) in [6, 6.07) is 5.77. The maximum atomic E-state index is 11.8. The van der Waals surface area contributed by atoms with E-state index in [1.165, 1.54) is 44.8 Å². The number of rotatable bonds is 5. The van der Waals surface area contributed by atoms with E-state index in [1.807, 2.05) is 18.2 Å². The first-order valence-electron chi connectivity index (χ1n) is 7.70. The average molecular weight is 292 g/mol. The Morgan fingerprint density at radius 1 is 1.33 bits per heavy atom. The van der Waals surface area contributed by atoms with Crippen molar-refractivity contribution in [2.75, 3.05) is 13.7 Å². The lowest BCUT2D eigenvalue weighted by atomic mass is 9.83. The molecule has 0 radical (unpaired) electrons. The quantitative estimate of drug-likeness (QED) is 0.846. The molecule has 1 aromatic rings. The summed E-state index contributed by atoms with van der Waals surface area (Å²) in [5, 5.41) is 10.2. The van der Waals surface area contributed by atoms with Crippen LogP contribution in [0, 0.1) is 0 Å². The van der Waals surface area contributed by atoms with Crippen molar-refractivity contribution in [1.82, 2.24) is 0 Å². The number of ether oxygens (including phenoxy) is 2. The summed E-state index contributed by atoms with van der Waals surface area (Å²) in [5.41, 5.74) is 1.67. The second-order valence-corrected chi connectivity index (χ2v) is 5.49. The fraction of sp³-hybridized carbons (Fsp3) is 0.588. The van der Waals surface area contributed by atoms with Crippen molar-refractivity contribution in [3.05, 3.63) is 29.3 Å². The largest absolute Gasteiger partial charge is 0.496 e. The van der Waals surface area contributed by atoms with Gasteiger partial charge in [0.1, 0.15) is 5.75 Å². The third kappa shape index (κ3) is 3.76. The summed E-state index contributed by atoms with van der Waals surface area (Å²) in [6.45, 7) is 1.97. The molecule has 1 aliphatic carbocycles. The molecule has 21 heavy (non-hydrogen) atoms. The van der Waals surface area contributed by atoms with E-state index in [-0.39, 0.29) is 6.61 Å². The first kappa shape index (κ1) is 15.8. The van der Waals surface area contributed by atoms with Crippen molar-refractivity contribution >= 4 is 5.97 Å². The molecule has 0 amide bonds. The number of carbonyl (C=O) groups excluding carboxylic acids is 1. The van der Waals surface area contributed by atoms with Crippen LogP contribution in [0.5, 0.6) is 5.75 Å². The third-order valence-electron chi connectivity index (χ3n) is 4.13. The van der Waals surface area contributed by atoms with Crippen molar-refractivity contribution in [1.29, 1.82) is 0 Å². The van der Waals surface area contributed by atoms with Crippen LogP contribution in [-0.2, 0) is 9.53 Å². The molecule has 0 aliphatic heterocycles. The normalized spacial score (nSPS) is 17.3. The lowest BCUT2D eigenvalue weighted by Crippen LogP contribution is -2.17. The van der Waals surface area contributed by atoms with E-state index in [0.29, 0.717) is 17.2 Å². The Bertz CT molecular complexity index is 478. The van der Waals surface area contributed by atoms with Crippen molar-refractivity contribution < 1.29 is 19.4 Å². The van der Waals surface area contributed by atoms with Crippen LogP contribution in [0.3, 0.4) is 0 Å². The lowest BCUT2D eigenvalue weighted by Gasteiger charge is -2.23. The van der Waals surface area contributed by atoms with Crippen LogP contribution in [0.25, 0.3) is 0 Å². The maximum absolute atomic E-state index is 11.8. The second-order valence-electron chi connectivity index (χ2n) is 5.49. The van der Waals surface area contributed by atoms with Gasteiger partial charge in [0.25, 0.3) is 0 Å². The SMILES string of the molecule is CCOC(=O)C(O)c1cc(C2CCCCC2)ccc1OC. The molecule has 2 rings (SSSR count). The molecule has 0 saturated heterocycles. The minimum atomic E-state index is -1.29. The number of aliphatic hydroxyl groups is 1. The van der Waals surface area contributed by atoms with Crippen LogP contribution >= 0.6 is 0 Å². The van der Waals surface area contributed by atoms with Gasteiger partial charge < -0.3 is 14.6 Å². The van der Waals surface area contributed by atoms with Crippen molar-refractivity contribution in [3.8, 4) is 5.75 Å². The molecule has 4 nitrogen and oxygen atoms in total. The van der Waals surface area contributed by atoms with Gasteiger partial charge >= 0.3 is 5.97 Å². The van der Waals surface area contributed by atoms with Gasteiger partial charge in [-0.05, 0) is 43.4 Å². The molecule has 116 valence electrons. The van der Waals surface area contributed by atoms with Gasteiger partial charge in [-0.1, -0.05) is 25.3 Å². The zero-order chi connectivity index (χ0) is 15.2. The summed E-state index contributed by atoms with van der Waals surface area (Å²) in [4.78, 5) is 11.8. The number of hydrogen-bond donors (Lipinski definition) is 1. The van der Waals surface area contributed by atoms with Gasteiger partial charge in [-0.15, -0.1) is 0 Å². The molecule has 1 aromatic carbocycles. The molecule has 0 heterocycles. The highest BCUT2D eigenvalue weighted by atomic mass is 16.5. The fourth-order valence-corrected chi connectivity index (χ4v) is 3.00. The van der Waals surface area contributed by atoms with Gasteiger partial charge in [-0.25, -0.2) is 4.79 Å². The van der Waals surface area contributed by atoms with E-state index < -0.39 is 12.1 Å². The van der Waals surface area contributed by atoms with Crippen molar-refractivity contribution in [3.63, 3.8) is 0 Å². The van der Waals surface area contributed by atoms with Crippen LogP contribution in [0.2, 0.25) is 0 Å². The zero-order valence-corrected chi connectivity index (χ0v) is 12.8. The van der Waals surface area contributed by atoms with Gasteiger partial charge in [0, 0.05) is 5.56 Å². The Morgan fingerprint density at radius 3 is 2.67 bits per heavy atom. The second kappa shape index (κ2) is 7.46. The average Bonchev–Trinajstić information content (AvgIpc) is 2.54. The van der Waals surface area contributed by atoms with E-state index in [1.54, 1.807) is 6.92 Å². The molecular weight excluding hydrogens is 268 g/mol. The molecule has 4 heteroatoms. The Balaban J connectivity index is 2.26. The minimum Gasteiger partial charge on any atom is -0.496 e. The van der Waals surface area contributed by atoms with E-state index in [2.05, 4.69) is 0 Å². The Morgan fingerprint density at radius 2 is 2.05 bits per heavy atom. The summed E-state index contributed by atoms with van der Waals surface area (Å²) in [5.74, 6) is 0.407. The number of hydrogen-bond acceptors (Lipinski definition) is 4. The minimum absolute atomic E-state index is 0.251. The Kier molecular flexibility index (Phi) is 5.62. The molecule has 1 saturated carbocycles. The number of benzene rings is 1. The van der Waals surface area contributed by atoms with Crippen LogP contribution in [0.4, 0.5) is 0 Å². The summed E-state index contributed by atoms with van der Waals surface area (Å²) >= 11 is 0. The number of aliphatic hydroxyl groups excluding tert-OH is 1. The maximum Gasteiger partial charge on any atom is 0.339 e. The first-order valence-corrected chi connectivity index (χ1v) is 7.70. The highest BCUT2D eigenvalue weighted by Gasteiger charge is 2.24. The zero-order valence-electron chi connectivity index (χ0n) is 12.8. The predicted molar refractivity (Wildman–Crippen MR) is 80.4 cm³/mol. The van der Waals surface area contributed by atoms with Gasteiger partial charge in [0.15, 0.2) is 6.10 Å². The topological polar surface area (TPSA) is 55.8 Å². The molecule has 1 N–H and O–H groups in total. The Hall–Kier alpha value is -1.55. The van der Waals surface area contributed by atoms with Crippen molar-refractivity contribution in [2.24, 2.45) is 0 Å². The highest BCUT2D eigenvalue weighted by Crippen LogP contribution is 2.36. The van der Waals surface area contributed by atoms with Gasteiger partial charge in [-0.2, -0.15) is 0 Å². The third-order valence-corrected chi connectivity index (χ3v) is 4.13. The summed E-state index contributed by atoms with van der Waals surface area (Å²) < 4.78 is 10.2. The van der Waals surface area contributed by atoms with Crippen LogP contribution in [0.1, 0.15) is 62.2 Å². The van der Waals surface area contributed by atoms with E-state index in [0.717, 1.165) is 0 Å². The number of carbonyl (C=O) groups is 1. The number of methoxy groups -OCH3 is 1. The molecule has 1 atom stereocenters. The van der Waals surface area contributed by atoms with Crippen molar-refractivity contribution in [2.45, 2.75) is 51.0 Å². The van der Waals surface area contributed by atoms with Crippen LogP contribution < -0.4 is 4.74 Å². The molecule has 0 aromatic heterocycles. The number of esters is 1. The highest BCUT2D eigenvalue weighted by molar-refractivity contribution is 5.77. The smallest absolute Gasteiger partial charge is 0.339 e. The Labute approximate surface area is 126 Å². The predicted octanol–water partition coefficient (Wildman–Crippen LogP) is 3.34. The molecule has 1 unspecified atom stereocenters. The van der Waals surface area contributed by atoms with Gasteiger partial charge in [0.2, 0.25) is 0 Å². The fourth-order valence-electron chi connectivity index (χ4n) is 3.00.